The van der Waals surface area contributed by atoms with E-state index in [2.05, 4.69) is 22.8 Å². The second kappa shape index (κ2) is 6.67. The van der Waals surface area contributed by atoms with Crippen LogP contribution in [0.2, 0.25) is 0 Å². The van der Waals surface area contributed by atoms with E-state index in [-0.39, 0.29) is 17.4 Å². The van der Waals surface area contributed by atoms with Gasteiger partial charge in [-0.3, -0.25) is 14.6 Å². The molecule has 1 heterocycles. The second-order valence-corrected chi connectivity index (χ2v) is 5.52. The van der Waals surface area contributed by atoms with Gasteiger partial charge in [-0.25, -0.2) is 9.59 Å². The summed E-state index contributed by atoms with van der Waals surface area (Å²) in [5.74, 6) is -1.62. The highest BCUT2D eigenvalue weighted by atomic mass is 32.1. The summed E-state index contributed by atoms with van der Waals surface area (Å²) in [6, 6.07) is 4.88. The number of thiol groups is 1. The number of nitrogens with zero attached hydrogens (tertiary/aromatic N) is 1. The highest BCUT2D eigenvalue weighted by Crippen LogP contribution is 2.24. The molecule has 2 rings (SSSR count). The van der Waals surface area contributed by atoms with Gasteiger partial charge >= 0.3 is 12.1 Å². The lowest BCUT2D eigenvalue weighted by Crippen LogP contribution is -2.43. The predicted molar refractivity (Wildman–Crippen MR) is 79.0 cm³/mol. The minimum absolute atomic E-state index is 0.0305. The molecule has 0 aliphatic carbocycles. The maximum Gasteiger partial charge on any atom is 0.441 e. The average molecular weight is 326 g/mol. The Bertz CT molecular complexity index is 608. The molecular formula is C13H14N2O6S. The first kappa shape index (κ1) is 16.1. The molecule has 2 amide bonds. The Hall–Kier alpha value is -2.26. The van der Waals surface area contributed by atoms with Gasteiger partial charge < -0.3 is 10.4 Å². The van der Waals surface area contributed by atoms with Crippen molar-refractivity contribution in [2.75, 3.05) is 11.9 Å². The standard InChI is InChI=1S/C13H14N2O6S/c16-11(10-5-9(22)6-15(10)13(19)21-20)14-8-3-1-2-7(4-8)12(17)18/h1-4,9-10,20,22H,5-6H2,(H,14,16)(H,17,18). The van der Waals surface area contributed by atoms with Crippen LogP contribution in [0.1, 0.15) is 16.8 Å². The molecule has 0 bridgehead atoms. The molecule has 1 aliphatic rings. The van der Waals surface area contributed by atoms with Crippen LogP contribution in [0.3, 0.4) is 0 Å². The molecule has 0 spiro atoms. The zero-order valence-electron chi connectivity index (χ0n) is 11.3. The van der Waals surface area contributed by atoms with E-state index in [0.717, 1.165) is 4.90 Å². The fourth-order valence-corrected chi connectivity index (χ4v) is 2.65. The third-order valence-electron chi connectivity index (χ3n) is 3.27. The van der Waals surface area contributed by atoms with Crippen LogP contribution in [0.15, 0.2) is 24.3 Å². The van der Waals surface area contributed by atoms with Crippen molar-refractivity contribution in [2.24, 2.45) is 0 Å². The highest BCUT2D eigenvalue weighted by molar-refractivity contribution is 7.81. The molecule has 1 aromatic carbocycles. The molecule has 1 aromatic rings. The normalized spacial score (nSPS) is 20.5. The number of nitrogens with one attached hydrogen (secondary N) is 1. The maximum atomic E-state index is 12.2. The summed E-state index contributed by atoms with van der Waals surface area (Å²) in [6.07, 6.45) is -0.737. The van der Waals surface area contributed by atoms with Crippen molar-refractivity contribution in [1.82, 2.24) is 4.90 Å². The molecule has 9 heteroatoms. The van der Waals surface area contributed by atoms with Gasteiger partial charge in [0.1, 0.15) is 6.04 Å². The van der Waals surface area contributed by atoms with Crippen molar-refractivity contribution < 1.29 is 29.6 Å². The van der Waals surface area contributed by atoms with Gasteiger partial charge in [0, 0.05) is 17.5 Å². The molecule has 22 heavy (non-hydrogen) atoms. The van der Waals surface area contributed by atoms with E-state index < -0.39 is 24.0 Å². The predicted octanol–water partition coefficient (Wildman–Crippen LogP) is 1.31. The van der Waals surface area contributed by atoms with Crippen molar-refractivity contribution in [3.8, 4) is 0 Å². The van der Waals surface area contributed by atoms with Crippen molar-refractivity contribution in [3.05, 3.63) is 29.8 Å². The molecule has 0 aromatic heterocycles. The number of benzene rings is 1. The quantitative estimate of drug-likeness (QED) is 0.378. The first-order chi connectivity index (χ1) is 10.4. The highest BCUT2D eigenvalue weighted by Gasteiger charge is 2.39. The molecule has 118 valence electrons. The summed E-state index contributed by atoms with van der Waals surface area (Å²) < 4.78 is 0. The summed E-state index contributed by atoms with van der Waals surface area (Å²) >= 11 is 4.22. The largest absolute Gasteiger partial charge is 0.478 e. The number of carboxylic acid groups (broad SMARTS) is 1. The van der Waals surface area contributed by atoms with Gasteiger partial charge in [0.05, 0.1) is 5.56 Å². The van der Waals surface area contributed by atoms with E-state index in [1.165, 1.54) is 24.3 Å². The van der Waals surface area contributed by atoms with Crippen molar-refractivity contribution in [1.29, 1.82) is 0 Å². The Morgan fingerprint density at radius 3 is 2.73 bits per heavy atom. The third-order valence-corrected chi connectivity index (χ3v) is 3.65. The Balaban J connectivity index is 2.12. The lowest BCUT2D eigenvalue weighted by molar-refractivity contribution is -0.188. The van der Waals surface area contributed by atoms with E-state index in [4.69, 9.17) is 10.4 Å². The summed E-state index contributed by atoms with van der Waals surface area (Å²) in [6.45, 7) is 0.162. The average Bonchev–Trinajstić information content (AvgIpc) is 2.88. The molecule has 2 unspecified atom stereocenters. The Morgan fingerprint density at radius 2 is 2.09 bits per heavy atom. The molecular weight excluding hydrogens is 312 g/mol. The molecule has 1 aliphatic heterocycles. The van der Waals surface area contributed by atoms with Crippen molar-refractivity contribution in [2.45, 2.75) is 17.7 Å². The SMILES string of the molecule is O=C(O)c1cccc(NC(=O)C2CC(S)CN2C(=O)OO)c1. The number of carbonyl (C=O) groups is 3. The first-order valence-corrected chi connectivity index (χ1v) is 6.88. The van der Waals surface area contributed by atoms with Crippen LogP contribution in [0, 0.1) is 0 Å². The number of anilines is 1. The van der Waals surface area contributed by atoms with Gasteiger partial charge in [-0.15, -0.1) is 0 Å². The Morgan fingerprint density at radius 1 is 1.36 bits per heavy atom. The first-order valence-electron chi connectivity index (χ1n) is 6.36. The molecule has 3 N–H and O–H groups in total. The molecule has 0 radical (unpaired) electrons. The van der Waals surface area contributed by atoms with Gasteiger partial charge in [-0.2, -0.15) is 17.9 Å². The molecule has 0 saturated carbocycles. The lowest BCUT2D eigenvalue weighted by atomic mass is 10.1. The zero-order valence-corrected chi connectivity index (χ0v) is 12.2. The fourth-order valence-electron chi connectivity index (χ4n) is 2.27. The van der Waals surface area contributed by atoms with E-state index in [1.807, 2.05) is 0 Å². The van der Waals surface area contributed by atoms with Crippen LogP contribution in [-0.2, 0) is 9.68 Å². The van der Waals surface area contributed by atoms with E-state index >= 15 is 0 Å². The third kappa shape index (κ3) is 3.49. The molecule has 1 fully saturated rings. The van der Waals surface area contributed by atoms with E-state index in [9.17, 15) is 14.4 Å². The second-order valence-electron chi connectivity index (χ2n) is 4.79. The van der Waals surface area contributed by atoms with Crippen LogP contribution in [0.25, 0.3) is 0 Å². The van der Waals surface area contributed by atoms with E-state index in [1.54, 1.807) is 0 Å². The van der Waals surface area contributed by atoms with Gasteiger partial charge in [0.15, 0.2) is 0 Å². The number of carbonyl (C=O) groups excluding carboxylic acids is 2. The van der Waals surface area contributed by atoms with Gasteiger partial charge in [0.2, 0.25) is 5.91 Å². The summed E-state index contributed by atoms with van der Waals surface area (Å²) in [7, 11) is 0. The summed E-state index contributed by atoms with van der Waals surface area (Å²) in [5.41, 5.74) is 0.327. The summed E-state index contributed by atoms with van der Waals surface area (Å²) in [5, 5.41) is 19.7. The number of hydrogen-bond donors (Lipinski definition) is 4. The molecule has 8 nitrogen and oxygen atoms in total. The maximum absolute atomic E-state index is 12.2. The van der Waals surface area contributed by atoms with Gasteiger partial charge in [0.25, 0.3) is 0 Å². The van der Waals surface area contributed by atoms with Crippen LogP contribution in [0.5, 0.6) is 0 Å². The van der Waals surface area contributed by atoms with Crippen LogP contribution < -0.4 is 5.32 Å². The number of rotatable bonds is 3. The topological polar surface area (TPSA) is 116 Å². The Kier molecular flexibility index (Phi) is 4.88. The minimum Gasteiger partial charge on any atom is -0.478 e. The number of hydrogen-bond acceptors (Lipinski definition) is 6. The lowest BCUT2D eigenvalue weighted by Gasteiger charge is -2.21. The molecule has 1 saturated heterocycles. The number of likely N-dealkylation sites (tertiary alicyclic amines) is 1. The number of aromatic carboxylic acids is 1. The molecule has 2 atom stereocenters. The van der Waals surface area contributed by atoms with Gasteiger partial charge in [-0.05, 0) is 24.6 Å². The number of carboxylic acids is 1. The summed E-state index contributed by atoms with van der Waals surface area (Å²) in [4.78, 5) is 39.3. The minimum atomic E-state index is -1.11. The van der Waals surface area contributed by atoms with Crippen molar-refractivity contribution in [3.63, 3.8) is 0 Å². The van der Waals surface area contributed by atoms with Crippen LogP contribution in [0.4, 0.5) is 10.5 Å². The number of amides is 2. The van der Waals surface area contributed by atoms with Gasteiger partial charge in [-0.1, -0.05) is 6.07 Å². The van der Waals surface area contributed by atoms with E-state index in [0.29, 0.717) is 12.1 Å². The van der Waals surface area contributed by atoms with Crippen LogP contribution in [-0.4, -0.2) is 51.1 Å². The van der Waals surface area contributed by atoms with Crippen molar-refractivity contribution >= 4 is 36.3 Å². The Labute approximate surface area is 131 Å². The van der Waals surface area contributed by atoms with Crippen LogP contribution >= 0.6 is 12.6 Å². The zero-order chi connectivity index (χ0) is 16.3. The monoisotopic (exact) mass is 326 g/mol. The smallest absolute Gasteiger partial charge is 0.441 e. The fraction of sp³-hybridized carbons (Fsp3) is 0.308.